The lowest BCUT2D eigenvalue weighted by molar-refractivity contribution is -0.138. The topological polar surface area (TPSA) is 56.5 Å². The van der Waals surface area contributed by atoms with Gasteiger partial charge in [0.1, 0.15) is 11.1 Å². The van der Waals surface area contributed by atoms with Crippen molar-refractivity contribution >= 4 is 21.3 Å². The SMILES string of the molecule is Cc1c2c3oc1c(C(F)(F)F)c3S(=O)(=O)O2. The molecule has 1 aliphatic heterocycles. The van der Waals surface area contributed by atoms with Crippen molar-refractivity contribution in [3.05, 3.63) is 11.1 Å². The van der Waals surface area contributed by atoms with Crippen LogP contribution in [-0.4, -0.2) is 8.42 Å². The Labute approximate surface area is 87.1 Å². The van der Waals surface area contributed by atoms with Crippen molar-refractivity contribution in [2.24, 2.45) is 0 Å². The second-order valence-corrected chi connectivity index (χ2v) is 4.94. The molecule has 0 atom stereocenters. The molecule has 0 unspecified atom stereocenters. The van der Waals surface area contributed by atoms with Gasteiger partial charge in [0.2, 0.25) is 0 Å². The second-order valence-electron chi connectivity index (χ2n) is 3.45. The minimum absolute atomic E-state index is 0.0622. The zero-order valence-corrected chi connectivity index (χ0v) is 8.49. The fourth-order valence-electron chi connectivity index (χ4n) is 1.85. The van der Waals surface area contributed by atoms with Crippen LogP contribution < -0.4 is 4.18 Å². The monoisotopic (exact) mass is 252 g/mol. The normalized spacial score (nSPS) is 18.2. The number of fused-ring (bicyclic) bond motifs is 1. The summed E-state index contributed by atoms with van der Waals surface area (Å²) in [6.45, 7) is 1.32. The molecule has 0 spiro atoms. The first-order valence-corrected chi connectivity index (χ1v) is 5.54. The largest absolute Gasteiger partial charge is 0.451 e. The smallest absolute Gasteiger partial charge is 0.421 e. The first kappa shape index (κ1) is 9.76. The summed E-state index contributed by atoms with van der Waals surface area (Å²) < 4.78 is 70.0. The van der Waals surface area contributed by atoms with Crippen LogP contribution in [0.25, 0.3) is 11.2 Å². The predicted molar refractivity (Wildman–Crippen MR) is 45.0 cm³/mol. The fourth-order valence-corrected chi connectivity index (χ4v) is 3.17. The molecule has 0 radical (unpaired) electrons. The van der Waals surface area contributed by atoms with Gasteiger partial charge in [0.05, 0.1) is 0 Å². The van der Waals surface area contributed by atoms with E-state index in [1.54, 1.807) is 0 Å². The highest BCUT2D eigenvalue weighted by atomic mass is 32.2. The van der Waals surface area contributed by atoms with Crippen molar-refractivity contribution in [1.29, 1.82) is 0 Å². The summed E-state index contributed by atoms with van der Waals surface area (Å²) in [5.41, 5.74) is -2.00. The summed E-state index contributed by atoms with van der Waals surface area (Å²) in [4.78, 5) is -0.893. The number of rotatable bonds is 0. The predicted octanol–water partition coefficient (Wildman–Crippen LogP) is 2.28. The van der Waals surface area contributed by atoms with Crippen molar-refractivity contribution in [1.82, 2.24) is 0 Å². The number of benzene rings is 1. The summed E-state index contributed by atoms with van der Waals surface area (Å²) in [5.74, 6) is -0.127. The second kappa shape index (κ2) is 2.29. The molecule has 3 rings (SSSR count). The lowest BCUT2D eigenvalue weighted by atomic mass is 10.1. The van der Waals surface area contributed by atoms with Crippen LogP contribution in [0.2, 0.25) is 0 Å². The highest BCUT2D eigenvalue weighted by Crippen LogP contribution is 2.54. The van der Waals surface area contributed by atoms with E-state index in [4.69, 9.17) is 4.42 Å². The van der Waals surface area contributed by atoms with Crippen molar-refractivity contribution in [3.63, 3.8) is 0 Å². The molecule has 16 heavy (non-hydrogen) atoms. The highest BCUT2D eigenvalue weighted by Gasteiger charge is 2.51. The molecular weight excluding hydrogens is 249 g/mol. The molecule has 0 aromatic carbocycles. The third-order valence-corrected chi connectivity index (χ3v) is 3.75. The van der Waals surface area contributed by atoms with E-state index in [0.717, 1.165) is 0 Å². The maximum Gasteiger partial charge on any atom is 0.421 e. The van der Waals surface area contributed by atoms with Crippen LogP contribution >= 0.6 is 0 Å². The van der Waals surface area contributed by atoms with Crippen molar-refractivity contribution in [2.75, 3.05) is 0 Å². The quantitative estimate of drug-likeness (QED) is 0.675. The molecule has 0 N–H and O–H groups in total. The molecule has 8 heteroatoms. The summed E-state index contributed by atoms with van der Waals surface area (Å²) >= 11 is 0. The van der Waals surface area contributed by atoms with E-state index in [0.29, 0.717) is 0 Å². The maximum atomic E-state index is 12.7. The van der Waals surface area contributed by atoms with E-state index in [1.165, 1.54) is 6.92 Å². The lowest BCUT2D eigenvalue weighted by Gasteiger charge is -2.04. The van der Waals surface area contributed by atoms with Gasteiger partial charge in [0, 0.05) is 5.56 Å². The Hall–Kier alpha value is -1.44. The molecule has 2 aromatic rings. The van der Waals surface area contributed by atoms with Gasteiger partial charge in [-0.1, -0.05) is 0 Å². The molecule has 0 fully saturated rings. The van der Waals surface area contributed by atoms with Crippen LogP contribution in [0.4, 0.5) is 13.2 Å². The third-order valence-electron chi connectivity index (χ3n) is 2.48. The number of aryl methyl sites for hydroxylation is 1. The summed E-state index contributed by atoms with van der Waals surface area (Å²) in [5, 5.41) is 0. The molecule has 0 saturated heterocycles. The number of halogens is 3. The van der Waals surface area contributed by atoms with Crippen LogP contribution in [0.1, 0.15) is 11.1 Å². The van der Waals surface area contributed by atoms with Crippen molar-refractivity contribution in [2.45, 2.75) is 18.0 Å². The highest BCUT2D eigenvalue weighted by molar-refractivity contribution is 7.87. The Balaban J connectivity index is 2.53. The first-order chi connectivity index (χ1) is 7.23. The molecule has 2 aromatic heterocycles. The average molecular weight is 252 g/mol. The van der Waals surface area contributed by atoms with E-state index in [9.17, 15) is 21.6 Å². The fraction of sp³-hybridized carbons (Fsp3) is 0.250. The van der Waals surface area contributed by atoms with E-state index in [2.05, 4.69) is 4.18 Å². The number of hydrogen-bond donors (Lipinski definition) is 0. The van der Waals surface area contributed by atoms with E-state index < -0.39 is 32.3 Å². The Kier molecular flexibility index (Phi) is 1.40. The summed E-state index contributed by atoms with van der Waals surface area (Å²) in [6.07, 6.45) is -4.78. The molecular formula is C8H3F3O4S. The number of furan rings is 2. The first-order valence-electron chi connectivity index (χ1n) is 4.13. The van der Waals surface area contributed by atoms with Crippen LogP contribution in [0, 0.1) is 6.92 Å². The Morgan fingerprint density at radius 3 is 2.38 bits per heavy atom. The zero-order chi connectivity index (χ0) is 11.9. The van der Waals surface area contributed by atoms with Gasteiger partial charge in [0.15, 0.2) is 16.2 Å². The van der Waals surface area contributed by atoms with E-state index >= 15 is 0 Å². The van der Waals surface area contributed by atoms with Gasteiger partial charge in [-0.25, -0.2) is 0 Å². The Morgan fingerprint density at radius 2 is 1.81 bits per heavy atom. The Morgan fingerprint density at radius 1 is 1.19 bits per heavy atom. The van der Waals surface area contributed by atoms with Gasteiger partial charge in [-0.05, 0) is 6.92 Å². The van der Waals surface area contributed by atoms with Gasteiger partial charge < -0.3 is 8.60 Å². The van der Waals surface area contributed by atoms with Gasteiger partial charge in [-0.2, -0.15) is 21.6 Å². The van der Waals surface area contributed by atoms with Gasteiger partial charge in [-0.15, -0.1) is 0 Å². The lowest BCUT2D eigenvalue weighted by Crippen LogP contribution is -2.11. The van der Waals surface area contributed by atoms with Crippen molar-refractivity contribution < 1.29 is 30.2 Å². The number of alkyl halides is 3. The third kappa shape index (κ3) is 0.885. The maximum absolute atomic E-state index is 12.7. The van der Waals surface area contributed by atoms with Crippen LogP contribution in [0.5, 0.6) is 5.75 Å². The van der Waals surface area contributed by atoms with Crippen LogP contribution in [-0.2, 0) is 16.3 Å². The van der Waals surface area contributed by atoms with Gasteiger partial charge in [-0.3, -0.25) is 0 Å². The molecule has 0 aliphatic carbocycles. The van der Waals surface area contributed by atoms with Gasteiger partial charge in [0.25, 0.3) is 0 Å². The zero-order valence-electron chi connectivity index (χ0n) is 7.68. The molecule has 3 heterocycles. The summed E-state index contributed by atoms with van der Waals surface area (Å²) in [7, 11) is -4.38. The van der Waals surface area contributed by atoms with Crippen LogP contribution in [0.15, 0.2) is 9.31 Å². The van der Waals surface area contributed by atoms with E-state index in [1.807, 2.05) is 0 Å². The average Bonchev–Trinajstić information content (AvgIpc) is 2.66. The minimum Gasteiger partial charge on any atom is -0.451 e. The van der Waals surface area contributed by atoms with Crippen LogP contribution in [0.3, 0.4) is 0 Å². The standard InChI is InChI=1S/C8H3F3O4S/c1-2-4-3(8(9,10)11)7-6(14-4)5(2)15-16(7,12)13/h1H3. The Bertz CT molecular complexity index is 695. The molecule has 2 bridgehead atoms. The van der Waals surface area contributed by atoms with E-state index in [-0.39, 0.29) is 16.9 Å². The molecule has 0 saturated carbocycles. The molecule has 0 amide bonds. The summed E-state index contributed by atoms with van der Waals surface area (Å²) in [6, 6.07) is 0. The molecule has 4 nitrogen and oxygen atoms in total. The minimum atomic E-state index is -4.78. The van der Waals surface area contributed by atoms with Crippen molar-refractivity contribution in [3.8, 4) is 5.75 Å². The van der Waals surface area contributed by atoms with Gasteiger partial charge >= 0.3 is 16.3 Å². The molecule has 1 aliphatic rings. The molecule has 86 valence electrons. The number of hydrogen-bond acceptors (Lipinski definition) is 4.